The molecule has 41 heavy (non-hydrogen) atoms. The van der Waals surface area contributed by atoms with E-state index in [1.165, 1.54) is 4.90 Å². The lowest BCUT2D eigenvalue weighted by atomic mass is 10.00. The van der Waals surface area contributed by atoms with Crippen molar-refractivity contribution in [3.8, 4) is 11.5 Å². The third-order valence-corrected chi connectivity index (χ3v) is 7.50. The lowest BCUT2D eigenvalue weighted by Crippen LogP contribution is -2.44. The van der Waals surface area contributed by atoms with Gasteiger partial charge in [-0.15, -0.1) is 0 Å². The topological polar surface area (TPSA) is 163 Å². The number of hydrogen-bond donors (Lipinski definition) is 3. The summed E-state index contributed by atoms with van der Waals surface area (Å²) in [5.74, 6) is -0.553. The Morgan fingerprint density at radius 3 is 2.59 bits per heavy atom. The van der Waals surface area contributed by atoms with Gasteiger partial charge >= 0.3 is 0 Å². The monoisotopic (exact) mass is 574 g/mol. The molecule has 0 aliphatic carbocycles. The summed E-state index contributed by atoms with van der Waals surface area (Å²) >= 11 is 0.748. The van der Waals surface area contributed by atoms with Crippen LogP contribution in [-0.2, 0) is 4.79 Å². The number of hydrogen-bond acceptors (Lipinski definition) is 9. The van der Waals surface area contributed by atoms with Crippen LogP contribution in [0.25, 0.3) is 10.9 Å². The molecule has 1 aliphatic rings. The number of anilines is 2. The van der Waals surface area contributed by atoms with Crippen molar-refractivity contribution < 1.29 is 23.9 Å². The highest BCUT2D eigenvalue weighted by atomic mass is 32.1. The number of primary amides is 1. The fourth-order valence-corrected chi connectivity index (χ4v) is 5.31. The van der Waals surface area contributed by atoms with Gasteiger partial charge in [0.15, 0.2) is 17.2 Å². The smallest absolute Gasteiger partial charge is 0.273 e. The maximum atomic E-state index is 14.3. The van der Waals surface area contributed by atoms with Gasteiger partial charge in [-0.25, -0.2) is 0 Å². The predicted octanol–water partition coefficient (Wildman–Crippen LogP) is 3.69. The van der Waals surface area contributed by atoms with Crippen LogP contribution >= 0.6 is 11.5 Å². The van der Waals surface area contributed by atoms with Crippen LogP contribution in [0, 0.1) is 5.92 Å². The molecule has 3 amide bonds. The molecule has 3 heterocycles. The van der Waals surface area contributed by atoms with Crippen LogP contribution in [0.5, 0.6) is 11.5 Å². The molecule has 0 radical (unpaired) electrons. The molecule has 0 fully saturated rings. The molecule has 212 valence electrons. The van der Waals surface area contributed by atoms with Crippen LogP contribution in [0.3, 0.4) is 0 Å². The van der Waals surface area contributed by atoms with Crippen LogP contribution in [0.4, 0.5) is 11.4 Å². The third-order valence-electron chi connectivity index (χ3n) is 6.65. The zero-order valence-electron chi connectivity index (χ0n) is 22.6. The molecule has 2 aromatic heterocycles. The second-order valence-corrected chi connectivity index (χ2v) is 10.7. The average molecular weight is 575 g/mol. The van der Waals surface area contributed by atoms with E-state index in [0.717, 1.165) is 28.9 Å². The van der Waals surface area contributed by atoms with Crippen molar-refractivity contribution in [2.24, 2.45) is 11.7 Å². The highest BCUT2D eigenvalue weighted by Gasteiger charge is 2.36. The van der Waals surface area contributed by atoms with Crippen molar-refractivity contribution >= 4 is 51.5 Å². The van der Waals surface area contributed by atoms with Crippen LogP contribution < -0.4 is 31.2 Å². The molecule has 0 spiro atoms. The summed E-state index contributed by atoms with van der Waals surface area (Å²) in [4.78, 5) is 45.9. The van der Waals surface area contributed by atoms with Gasteiger partial charge in [0.25, 0.3) is 11.8 Å². The Morgan fingerprint density at radius 2 is 1.85 bits per heavy atom. The molecule has 1 atom stereocenters. The molecule has 0 bridgehead atoms. The second kappa shape index (κ2) is 11.8. The van der Waals surface area contributed by atoms with Gasteiger partial charge in [-0.1, -0.05) is 26.0 Å². The Hall–Kier alpha value is -4.71. The Balaban J connectivity index is 1.67. The minimum atomic E-state index is -1.12. The number of nitrogens with zero attached hydrogens (tertiary/aromatic N) is 3. The molecule has 5 N–H and O–H groups in total. The first-order valence-corrected chi connectivity index (χ1v) is 13.9. The molecule has 2 aromatic carbocycles. The first-order chi connectivity index (χ1) is 19.7. The van der Waals surface area contributed by atoms with Gasteiger partial charge in [-0.2, -0.15) is 4.37 Å². The van der Waals surface area contributed by atoms with E-state index in [1.807, 2.05) is 12.1 Å². The van der Waals surface area contributed by atoms with Crippen LogP contribution in [-0.4, -0.2) is 46.8 Å². The summed E-state index contributed by atoms with van der Waals surface area (Å²) in [5, 5.41) is 3.79. The number of aromatic nitrogens is 2. The lowest BCUT2D eigenvalue weighted by molar-refractivity contribution is -0.122. The van der Waals surface area contributed by atoms with Gasteiger partial charge in [0.2, 0.25) is 5.91 Å². The van der Waals surface area contributed by atoms with Crippen molar-refractivity contribution in [2.75, 3.05) is 30.4 Å². The van der Waals surface area contributed by atoms with E-state index < -0.39 is 23.8 Å². The van der Waals surface area contributed by atoms with Crippen molar-refractivity contribution in [3.63, 3.8) is 0 Å². The standard InChI is InChI=1S/C29H30N6O5S/c1-16(2)9-11-33-28(37)25(18-5-7-20-17(14-18)4-3-10-32-20)35(19-6-8-21-22(15-19)40-13-12-39-21)29(38)26-23(30)24(27(31)36)34-41-26/h3-8,10,14-16,25H,9,11-13,30H2,1-2H3,(H2,31,36)(H,33,37). The van der Waals surface area contributed by atoms with Crippen LogP contribution in [0.1, 0.15) is 52.0 Å². The molecule has 0 saturated heterocycles. The normalized spacial score (nSPS) is 13.1. The van der Waals surface area contributed by atoms with E-state index in [4.69, 9.17) is 20.9 Å². The van der Waals surface area contributed by atoms with E-state index in [9.17, 15) is 14.4 Å². The largest absolute Gasteiger partial charge is 0.486 e. The summed E-state index contributed by atoms with van der Waals surface area (Å²) in [6, 6.07) is 13.0. The minimum Gasteiger partial charge on any atom is -0.486 e. The van der Waals surface area contributed by atoms with Gasteiger partial charge in [-0.05, 0) is 59.8 Å². The number of ether oxygens (including phenoxy) is 2. The number of carbonyl (C=O) groups is 3. The Bertz CT molecular complexity index is 1620. The molecule has 0 saturated carbocycles. The van der Waals surface area contributed by atoms with E-state index in [0.29, 0.717) is 48.4 Å². The lowest BCUT2D eigenvalue weighted by Gasteiger charge is -2.32. The zero-order chi connectivity index (χ0) is 29.1. The summed E-state index contributed by atoms with van der Waals surface area (Å²) in [6.07, 6.45) is 2.44. The molecular formula is C29H30N6O5S. The van der Waals surface area contributed by atoms with Crippen molar-refractivity contribution in [1.29, 1.82) is 0 Å². The van der Waals surface area contributed by atoms with Gasteiger partial charge in [0, 0.05) is 29.9 Å². The Labute approximate surface area is 240 Å². The van der Waals surface area contributed by atoms with Gasteiger partial charge < -0.3 is 26.3 Å². The SMILES string of the molecule is CC(C)CCNC(=O)C(c1ccc2ncccc2c1)N(C(=O)c1snc(C(N)=O)c1N)c1ccc2c(c1)OCCO2. The summed E-state index contributed by atoms with van der Waals surface area (Å²) < 4.78 is 15.5. The summed E-state index contributed by atoms with van der Waals surface area (Å²) in [6.45, 7) is 5.28. The number of pyridine rings is 1. The van der Waals surface area contributed by atoms with Gasteiger partial charge in [0.1, 0.15) is 24.1 Å². The quantitative estimate of drug-likeness (QED) is 0.273. The molecule has 12 heteroatoms. The first kappa shape index (κ1) is 27.8. The molecule has 5 rings (SSSR count). The predicted molar refractivity (Wildman–Crippen MR) is 156 cm³/mol. The number of nitrogens with one attached hydrogen (secondary N) is 1. The van der Waals surface area contributed by atoms with Crippen LogP contribution in [0.15, 0.2) is 54.7 Å². The van der Waals surface area contributed by atoms with Crippen LogP contribution in [0.2, 0.25) is 0 Å². The summed E-state index contributed by atoms with van der Waals surface area (Å²) in [5.41, 5.74) is 12.9. The van der Waals surface area contributed by atoms with Gasteiger partial charge in [0.05, 0.1) is 11.2 Å². The highest BCUT2D eigenvalue weighted by Crippen LogP contribution is 2.39. The third kappa shape index (κ3) is 5.78. The number of amides is 3. The van der Waals surface area contributed by atoms with E-state index >= 15 is 0 Å². The zero-order valence-corrected chi connectivity index (χ0v) is 23.4. The maximum Gasteiger partial charge on any atom is 0.273 e. The number of carbonyl (C=O) groups excluding carboxylic acids is 3. The fraction of sp³-hybridized carbons (Fsp3) is 0.276. The number of nitrogens with two attached hydrogens (primary N) is 2. The van der Waals surface area contributed by atoms with Crippen molar-refractivity contribution in [2.45, 2.75) is 26.3 Å². The van der Waals surface area contributed by atoms with E-state index in [2.05, 4.69) is 28.5 Å². The number of nitrogen functional groups attached to an aromatic ring is 1. The molecular weight excluding hydrogens is 544 g/mol. The van der Waals surface area contributed by atoms with Gasteiger partial charge in [-0.3, -0.25) is 24.3 Å². The molecule has 1 unspecified atom stereocenters. The highest BCUT2D eigenvalue weighted by molar-refractivity contribution is 7.09. The fourth-order valence-electron chi connectivity index (χ4n) is 4.57. The Kier molecular flexibility index (Phi) is 8.02. The average Bonchev–Trinajstić information content (AvgIpc) is 3.36. The minimum absolute atomic E-state index is 0.0175. The molecule has 11 nitrogen and oxygen atoms in total. The number of benzene rings is 2. The van der Waals surface area contributed by atoms with Crippen molar-refractivity contribution in [1.82, 2.24) is 14.7 Å². The molecule has 1 aliphatic heterocycles. The summed E-state index contributed by atoms with van der Waals surface area (Å²) in [7, 11) is 0. The molecule has 4 aromatic rings. The van der Waals surface area contributed by atoms with E-state index in [-0.39, 0.29) is 16.3 Å². The number of rotatable bonds is 9. The number of fused-ring (bicyclic) bond motifs is 2. The van der Waals surface area contributed by atoms with E-state index in [1.54, 1.807) is 42.6 Å². The second-order valence-electron chi connectivity index (χ2n) is 9.97. The van der Waals surface area contributed by atoms with Crippen molar-refractivity contribution in [3.05, 3.63) is 70.9 Å². The Morgan fingerprint density at radius 1 is 1.07 bits per heavy atom. The first-order valence-electron chi connectivity index (χ1n) is 13.1. The maximum absolute atomic E-state index is 14.3.